The molecule has 1 aliphatic heterocycles. The largest absolute Gasteiger partial charge is 0.353 e. The van der Waals surface area contributed by atoms with Crippen LogP contribution in [0.3, 0.4) is 0 Å². The Hall–Kier alpha value is -0.500. The van der Waals surface area contributed by atoms with E-state index >= 15 is 0 Å². The number of nitrogens with two attached hydrogens (primary N) is 1. The molecule has 0 radical (unpaired) electrons. The molecule has 8 heteroatoms. The zero-order valence-electron chi connectivity index (χ0n) is 14.4. The predicted octanol–water partition coefficient (Wildman–Crippen LogP) is 0.548. The molecule has 3 N–H and O–H groups in total. The maximum atomic E-state index is 12.2. The van der Waals surface area contributed by atoms with Gasteiger partial charge in [-0.05, 0) is 31.8 Å². The zero-order chi connectivity index (χ0) is 16.5. The van der Waals surface area contributed by atoms with Crippen molar-refractivity contribution in [3.05, 3.63) is 0 Å². The molecule has 1 aliphatic rings. The topological polar surface area (TPSA) is 78.7 Å². The van der Waals surface area contributed by atoms with Crippen molar-refractivity contribution >= 4 is 36.0 Å². The summed E-state index contributed by atoms with van der Waals surface area (Å²) in [5.41, 5.74) is 5.94. The quantitative estimate of drug-likeness (QED) is 0.655. The molecule has 2 atom stereocenters. The van der Waals surface area contributed by atoms with E-state index in [0.717, 1.165) is 31.7 Å². The molecule has 0 bridgehead atoms. The maximum absolute atomic E-state index is 12.2. The van der Waals surface area contributed by atoms with Crippen LogP contribution < -0.4 is 11.1 Å². The predicted molar refractivity (Wildman–Crippen MR) is 99.1 cm³/mol. The molecule has 1 rings (SSSR count). The summed E-state index contributed by atoms with van der Waals surface area (Å²) in [6.07, 6.45) is 3.67. The molecule has 2 amide bonds. The van der Waals surface area contributed by atoms with Crippen molar-refractivity contribution < 1.29 is 9.59 Å². The van der Waals surface area contributed by atoms with E-state index in [-0.39, 0.29) is 30.3 Å². The monoisotopic (exact) mass is 366 g/mol. The van der Waals surface area contributed by atoms with Crippen molar-refractivity contribution in [2.75, 3.05) is 44.7 Å². The highest BCUT2D eigenvalue weighted by Gasteiger charge is 2.25. The number of nitrogens with zero attached hydrogens (tertiary/aromatic N) is 2. The van der Waals surface area contributed by atoms with Gasteiger partial charge in [-0.3, -0.25) is 14.5 Å². The van der Waals surface area contributed by atoms with Gasteiger partial charge in [0, 0.05) is 32.2 Å². The Labute approximate surface area is 150 Å². The zero-order valence-corrected chi connectivity index (χ0v) is 16.0. The number of rotatable bonds is 8. The van der Waals surface area contributed by atoms with Gasteiger partial charge in [-0.25, -0.2) is 0 Å². The molecule has 0 aromatic carbocycles. The Balaban J connectivity index is 0.00000484. The number of piperazine rings is 1. The van der Waals surface area contributed by atoms with Crippen LogP contribution in [0.5, 0.6) is 0 Å². The second kappa shape index (κ2) is 11.9. The first-order valence-electron chi connectivity index (χ1n) is 8.03. The third-order valence-electron chi connectivity index (χ3n) is 4.02. The van der Waals surface area contributed by atoms with E-state index in [0.29, 0.717) is 19.6 Å². The molecule has 6 nitrogen and oxygen atoms in total. The number of amides is 2. The lowest BCUT2D eigenvalue weighted by Crippen LogP contribution is -2.54. The standard InChI is InChI=1S/C15H30N4O2S.ClH/c1-4-12(2)17-14(20)11-18-6-8-19(9-7-18)15(21)13(16)5-10-22-3;/h12-13H,4-11,16H2,1-3H3,(H,17,20);1H. The molecular formula is C15H31ClN4O2S. The van der Waals surface area contributed by atoms with E-state index in [1.165, 1.54) is 0 Å². The van der Waals surface area contributed by atoms with Crippen molar-refractivity contribution in [1.29, 1.82) is 0 Å². The molecule has 136 valence electrons. The third-order valence-corrected chi connectivity index (χ3v) is 4.67. The van der Waals surface area contributed by atoms with Crippen LogP contribution in [0.4, 0.5) is 0 Å². The fraction of sp³-hybridized carbons (Fsp3) is 0.867. The summed E-state index contributed by atoms with van der Waals surface area (Å²) >= 11 is 1.70. The second-order valence-electron chi connectivity index (χ2n) is 5.87. The lowest BCUT2D eigenvalue weighted by molar-refractivity contribution is -0.134. The fourth-order valence-electron chi connectivity index (χ4n) is 2.35. The highest BCUT2D eigenvalue weighted by atomic mass is 35.5. The van der Waals surface area contributed by atoms with Crippen LogP contribution in [-0.4, -0.2) is 78.4 Å². The summed E-state index contributed by atoms with van der Waals surface area (Å²) in [6.45, 7) is 7.24. The fourth-order valence-corrected chi connectivity index (χ4v) is 2.84. The Morgan fingerprint density at radius 1 is 1.26 bits per heavy atom. The van der Waals surface area contributed by atoms with Crippen LogP contribution in [0.1, 0.15) is 26.7 Å². The Bertz CT molecular complexity index is 365. The lowest BCUT2D eigenvalue weighted by Gasteiger charge is -2.35. The first-order valence-corrected chi connectivity index (χ1v) is 9.42. The number of carbonyl (C=O) groups is 2. The van der Waals surface area contributed by atoms with Gasteiger partial charge < -0.3 is 16.0 Å². The van der Waals surface area contributed by atoms with Crippen LogP contribution in [0.15, 0.2) is 0 Å². The molecule has 23 heavy (non-hydrogen) atoms. The summed E-state index contributed by atoms with van der Waals surface area (Å²) in [5, 5.41) is 2.97. The van der Waals surface area contributed by atoms with Crippen molar-refractivity contribution in [2.24, 2.45) is 5.73 Å². The van der Waals surface area contributed by atoms with E-state index in [1.54, 1.807) is 11.8 Å². The van der Waals surface area contributed by atoms with E-state index in [9.17, 15) is 9.59 Å². The van der Waals surface area contributed by atoms with Crippen LogP contribution >= 0.6 is 24.2 Å². The Morgan fingerprint density at radius 2 is 1.87 bits per heavy atom. The average molecular weight is 367 g/mol. The molecule has 1 heterocycles. The molecule has 1 saturated heterocycles. The van der Waals surface area contributed by atoms with Crippen LogP contribution in [0.2, 0.25) is 0 Å². The highest BCUT2D eigenvalue weighted by molar-refractivity contribution is 7.98. The molecule has 2 unspecified atom stereocenters. The second-order valence-corrected chi connectivity index (χ2v) is 6.85. The van der Waals surface area contributed by atoms with Gasteiger partial charge in [-0.15, -0.1) is 12.4 Å². The smallest absolute Gasteiger partial charge is 0.239 e. The van der Waals surface area contributed by atoms with Gasteiger partial charge in [0.05, 0.1) is 12.6 Å². The molecule has 0 aromatic rings. The van der Waals surface area contributed by atoms with Gasteiger partial charge in [0.25, 0.3) is 0 Å². The molecule has 1 fully saturated rings. The summed E-state index contributed by atoms with van der Waals surface area (Å²) in [7, 11) is 0. The minimum atomic E-state index is -0.396. The van der Waals surface area contributed by atoms with Gasteiger partial charge in [0.15, 0.2) is 0 Å². The highest BCUT2D eigenvalue weighted by Crippen LogP contribution is 2.07. The minimum absolute atomic E-state index is 0. The van der Waals surface area contributed by atoms with Crippen molar-refractivity contribution in [1.82, 2.24) is 15.1 Å². The van der Waals surface area contributed by atoms with Crippen molar-refractivity contribution in [3.8, 4) is 0 Å². The molecule has 0 aromatic heterocycles. The number of hydrogen-bond donors (Lipinski definition) is 2. The summed E-state index contributed by atoms with van der Waals surface area (Å²) in [4.78, 5) is 28.0. The summed E-state index contributed by atoms with van der Waals surface area (Å²) in [6, 6.07) is -0.183. The number of nitrogens with one attached hydrogen (secondary N) is 1. The Kier molecular flexibility index (Phi) is 11.7. The Morgan fingerprint density at radius 3 is 2.39 bits per heavy atom. The number of thioether (sulfide) groups is 1. The van der Waals surface area contributed by atoms with E-state index in [2.05, 4.69) is 17.1 Å². The van der Waals surface area contributed by atoms with Gasteiger partial charge in [0.2, 0.25) is 11.8 Å². The molecule has 0 spiro atoms. The van der Waals surface area contributed by atoms with Crippen LogP contribution in [-0.2, 0) is 9.59 Å². The normalized spacial score (nSPS) is 18.0. The van der Waals surface area contributed by atoms with Gasteiger partial charge >= 0.3 is 0 Å². The molecule has 0 aliphatic carbocycles. The van der Waals surface area contributed by atoms with Gasteiger partial charge in [0.1, 0.15) is 0 Å². The minimum Gasteiger partial charge on any atom is -0.353 e. The third kappa shape index (κ3) is 8.24. The molecular weight excluding hydrogens is 336 g/mol. The summed E-state index contributed by atoms with van der Waals surface area (Å²) in [5.74, 6) is 1.01. The van der Waals surface area contributed by atoms with Crippen LogP contribution in [0, 0.1) is 0 Å². The average Bonchev–Trinajstić information content (AvgIpc) is 2.52. The van der Waals surface area contributed by atoms with E-state index < -0.39 is 6.04 Å². The number of hydrogen-bond acceptors (Lipinski definition) is 5. The van der Waals surface area contributed by atoms with Crippen molar-refractivity contribution in [2.45, 2.75) is 38.8 Å². The van der Waals surface area contributed by atoms with E-state index in [1.807, 2.05) is 18.1 Å². The maximum Gasteiger partial charge on any atom is 0.239 e. The van der Waals surface area contributed by atoms with Gasteiger partial charge in [-0.1, -0.05) is 6.92 Å². The first-order chi connectivity index (χ1) is 10.5. The molecule has 0 saturated carbocycles. The SMILES string of the molecule is CCC(C)NC(=O)CN1CCN(C(=O)C(N)CCSC)CC1.Cl. The first kappa shape index (κ1) is 22.5. The number of halogens is 1. The van der Waals surface area contributed by atoms with E-state index in [4.69, 9.17) is 5.73 Å². The van der Waals surface area contributed by atoms with Crippen LogP contribution in [0.25, 0.3) is 0 Å². The number of carbonyl (C=O) groups excluding carboxylic acids is 2. The lowest BCUT2D eigenvalue weighted by atomic mass is 10.2. The summed E-state index contributed by atoms with van der Waals surface area (Å²) < 4.78 is 0. The van der Waals surface area contributed by atoms with Gasteiger partial charge in [-0.2, -0.15) is 11.8 Å². The van der Waals surface area contributed by atoms with Crippen molar-refractivity contribution in [3.63, 3.8) is 0 Å².